The summed E-state index contributed by atoms with van der Waals surface area (Å²) >= 11 is 0. The summed E-state index contributed by atoms with van der Waals surface area (Å²) in [5.41, 5.74) is 4.85. The summed E-state index contributed by atoms with van der Waals surface area (Å²) in [5.74, 6) is -0.601. The molecule has 5 aromatic rings. The molecule has 6 nitrogen and oxygen atoms in total. The Morgan fingerprint density at radius 2 is 1.71 bits per heavy atom. The summed E-state index contributed by atoms with van der Waals surface area (Å²) in [6.07, 6.45) is 0.0389. The number of pyridine rings is 1. The lowest BCUT2D eigenvalue weighted by molar-refractivity contribution is -0.135. The third kappa shape index (κ3) is 3.46. The first kappa shape index (κ1) is 21.1. The molecular formula is C29H21NO5. The van der Waals surface area contributed by atoms with E-state index in [1.807, 2.05) is 68.4 Å². The Balaban J connectivity index is 1.67. The van der Waals surface area contributed by atoms with Crippen molar-refractivity contribution in [1.29, 1.82) is 0 Å². The standard InChI is InChI=1S/C29H21NO5/c1-15-8-9-18-12-21(29(33)30-22(18)10-15)20-14-25(32)35-28-26(20)16(2)11-23-27(28)19(13-24(31)34-23)17-6-4-3-5-7-17/h3-13,20H,14H2,1-2H3,(H,30,33)/t20-/m1/s1. The van der Waals surface area contributed by atoms with Crippen molar-refractivity contribution in [2.75, 3.05) is 0 Å². The highest BCUT2D eigenvalue weighted by atomic mass is 16.5. The minimum atomic E-state index is -0.499. The summed E-state index contributed by atoms with van der Waals surface area (Å²) in [6.45, 7) is 3.84. The maximum absolute atomic E-state index is 13.2. The molecule has 1 aliphatic rings. The molecule has 0 fully saturated rings. The van der Waals surface area contributed by atoms with Crippen LogP contribution in [0, 0.1) is 13.8 Å². The predicted octanol–water partition coefficient (Wildman–Crippen LogP) is 5.36. The smallest absolute Gasteiger partial charge is 0.336 e. The minimum Gasteiger partial charge on any atom is -0.425 e. The lowest BCUT2D eigenvalue weighted by atomic mass is 9.82. The lowest BCUT2D eigenvalue weighted by Crippen LogP contribution is -2.26. The van der Waals surface area contributed by atoms with Crippen molar-refractivity contribution in [3.8, 4) is 16.9 Å². The number of hydrogen-bond acceptors (Lipinski definition) is 5. The van der Waals surface area contributed by atoms with E-state index in [0.717, 1.165) is 33.2 Å². The Hall–Kier alpha value is -4.45. The summed E-state index contributed by atoms with van der Waals surface area (Å²) in [7, 11) is 0. The molecule has 1 atom stereocenters. The molecule has 172 valence electrons. The Morgan fingerprint density at radius 1 is 0.914 bits per heavy atom. The zero-order chi connectivity index (χ0) is 24.3. The largest absolute Gasteiger partial charge is 0.425 e. The van der Waals surface area contributed by atoms with Gasteiger partial charge < -0.3 is 14.1 Å². The van der Waals surface area contributed by atoms with Crippen molar-refractivity contribution in [3.63, 3.8) is 0 Å². The highest BCUT2D eigenvalue weighted by Gasteiger charge is 2.34. The van der Waals surface area contributed by atoms with Gasteiger partial charge in [0.25, 0.3) is 5.56 Å². The number of aromatic nitrogens is 1. The number of H-pyrrole nitrogens is 1. The molecular weight excluding hydrogens is 442 g/mol. The summed E-state index contributed by atoms with van der Waals surface area (Å²) in [4.78, 5) is 41.4. The van der Waals surface area contributed by atoms with Crippen LogP contribution in [-0.4, -0.2) is 11.0 Å². The molecule has 3 heterocycles. The Labute approximate surface area is 199 Å². The second kappa shape index (κ2) is 7.81. The van der Waals surface area contributed by atoms with Gasteiger partial charge in [0, 0.05) is 34.2 Å². The van der Waals surface area contributed by atoms with Crippen molar-refractivity contribution in [2.45, 2.75) is 26.2 Å². The maximum atomic E-state index is 13.2. The van der Waals surface area contributed by atoms with Crippen LogP contribution in [0.1, 0.15) is 34.6 Å². The first-order valence-corrected chi connectivity index (χ1v) is 11.4. The molecule has 0 saturated carbocycles. The number of aryl methyl sites for hydroxylation is 2. The molecule has 6 rings (SSSR count). The fraction of sp³-hybridized carbons (Fsp3) is 0.138. The van der Waals surface area contributed by atoms with Gasteiger partial charge in [0.2, 0.25) is 0 Å². The molecule has 35 heavy (non-hydrogen) atoms. The monoisotopic (exact) mass is 463 g/mol. The topological polar surface area (TPSA) is 89.4 Å². The average Bonchev–Trinajstić information content (AvgIpc) is 2.83. The zero-order valence-corrected chi connectivity index (χ0v) is 19.2. The van der Waals surface area contributed by atoms with E-state index >= 15 is 0 Å². The van der Waals surface area contributed by atoms with E-state index in [0.29, 0.717) is 27.8 Å². The Morgan fingerprint density at radius 3 is 2.51 bits per heavy atom. The van der Waals surface area contributed by atoms with Gasteiger partial charge in [-0.25, -0.2) is 4.79 Å². The van der Waals surface area contributed by atoms with Gasteiger partial charge >= 0.3 is 11.6 Å². The minimum absolute atomic E-state index is 0.0389. The van der Waals surface area contributed by atoms with Gasteiger partial charge in [-0.15, -0.1) is 0 Å². The van der Waals surface area contributed by atoms with Gasteiger partial charge in [-0.2, -0.15) is 0 Å². The van der Waals surface area contributed by atoms with Crippen molar-refractivity contribution >= 4 is 27.8 Å². The van der Waals surface area contributed by atoms with E-state index in [9.17, 15) is 14.4 Å². The van der Waals surface area contributed by atoms with Crippen molar-refractivity contribution in [1.82, 2.24) is 4.98 Å². The molecule has 0 aliphatic carbocycles. The number of rotatable bonds is 2. The number of esters is 1. The molecule has 0 unspecified atom stereocenters. The normalized spacial score (nSPS) is 15.3. The molecule has 3 aromatic carbocycles. The first-order valence-electron chi connectivity index (χ1n) is 11.4. The predicted molar refractivity (Wildman–Crippen MR) is 134 cm³/mol. The van der Waals surface area contributed by atoms with E-state index in [4.69, 9.17) is 9.15 Å². The summed E-state index contributed by atoms with van der Waals surface area (Å²) in [6, 6.07) is 20.3. The number of benzene rings is 3. The van der Waals surface area contributed by atoms with Crippen LogP contribution < -0.4 is 15.9 Å². The SMILES string of the molecule is Cc1ccc2cc([C@H]3CC(=O)Oc4c3c(C)cc3oc(=O)cc(-c5ccccc5)c43)c(=O)[nH]c2c1. The van der Waals surface area contributed by atoms with Gasteiger partial charge in [0.1, 0.15) is 11.3 Å². The highest BCUT2D eigenvalue weighted by Crippen LogP contribution is 2.46. The lowest BCUT2D eigenvalue weighted by Gasteiger charge is -2.28. The van der Waals surface area contributed by atoms with Crippen molar-refractivity contribution in [3.05, 3.63) is 110 Å². The number of ether oxygens (including phenoxy) is 1. The van der Waals surface area contributed by atoms with E-state index in [1.165, 1.54) is 6.07 Å². The first-order chi connectivity index (χ1) is 16.9. The second-order valence-corrected chi connectivity index (χ2v) is 9.03. The number of fused-ring (bicyclic) bond motifs is 4. The van der Waals surface area contributed by atoms with Crippen LogP contribution in [0.3, 0.4) is 0 Å². The fourth-order valence-electron chi connectivity index (χ4n) is 5.10. The van der Waals surface area contributed by atoms with Gasteiger partial charge in [-0.1, -0.05) is 42.5 Å². The van der Waals surface area contributed by atoms with E-state index < -0.39 is 17.5 Å². The number of carbonyl (C=O) groups is 1. The highest BCUT2D eigenvalue weighted by molar-refractivity contribution is 6.01. The second-order valence-electron chi connectivity index (χ2n) is 9.03. The van der Waals surface area contributed by atoms with E-state index in [2.05, 4.69) is 4.98 Å². The van der Waals surface area contributed by atoms with Gasteiger partial charge in [-0.05, 0) is 54.1 Å². The van der Waals surface area contributed by atoms with Crippen LogP contribution in [-0.2, 0) is 4.79 Å². The van der Waals surface area contributed by atoms with E-state index in [-0.39, 0.29) is 12.0 Å². The van der Waals surface area contributed by atoms with Crippen LogP contribution in [0.25, 0.3) is 33.0 Å². The number of carbonyl (C=O) groups excluding carboxylic acids is 1. The molecule has 2 aromatic heterocycles. The quantitative estimate of drug-likeness (QED) is 0.216. The van der Waals surface area contributed by atoms with E-state index in [1.54, 1.807) is 6.07 Å². The molecule has 0 radical (unpaired) electrons. The van der Waals surface area contributed by atoms with Crippen molar-refractivity contribution in [2.24, 2.45) is 0 Å². The van der Waals surface area contributed by atoms with Gasteiger partial charge in [0.15, 0.2) is 0 Å². The van der Waals surface area contributed by atoms with Crippen LogP contribution in [0.15, 0.2) is 80.7 Å². The molecule has 1 aliphatic heterocycles. The van der Waals surface area contributed by atoms with Crippen LogP contribution in [0.5, 0.6) is 5.75 Å². The third-order valence-electron chi connectivity index (χ3n) is 6.66. The van der Waals surface area contributed by atoms with Gasteiger partial charge in [0.05, 0.1) is 11.8 Å². The summed E-state index contributed by atoms with van der Waals surface area (Å²) < 4.78 is 11.3. The molecule has 0 bridgehead atoms. The Bertz CT molecular complexity index is 1780. The van der Waals surface area contributed by atoms with Crippen LogP contribution in [0.2, 0.25) is 0 Å². The molecule has 0 saturated heterocycles. The summed E-state index contributed by atoms with van der Waals surface area (Å²) in [5, 5.41) is 1.43. The Kier molecular flexibility index (Phi) is 4.71. The van der Waals surface area contributed by atoms with Gasteiger partial charge in [-0.3, -0.25) is 9.59 Å². The maximum Gasteiger partial charge on any atom is 0.336 e. The molecule has 1 N–H and O–H groups in total. The van der Waals surface area contributed by atoms with Crippen molar-refractivity contribution < 1.29 is 13.9 Å². The number of hydrogen-bond donors (Lipinski definition) is 1. The molecule has 0 amide bonds. The third-order valence-corrected chi connectivity index (χ3v) is 6.66. The molecule has 6 heteroatoms. The fourth-order valence-corrected chi connectivity index (χ4v) is 5.10. The van der Waals surface area contributed by atoms with Crippen LogP contribution >= 0.6 is 0 Å². The average molecular weight is 463 g/mol. The number of nitrogens with one attached hydrogen (secondary N) is 1. The number of aromatic amines is 1. The van der Waals surface area contributed by atoms with Crippen LogP contribution in [0.4, 0.5) is 0 Å². The zero-order valence-electron chi connectivity index (χ0n) is 19.2. The molecule has 0 spiro atoms.